The monoisotopic (exact) mass is 392 g/mol. The molecule has 2 aliphatic carbocycles. The lowest BCUT2D eigenvalue weighted by Gasteiger charge is -2.36. The smallest absolute Gasteiger partial charge is 0.356 e. The summed E-state index contributed by atoms with van der Waals surface area (Å²) >= 11 is 0. The van der Waals surface area contributed by atoms with E-state index in [-0.39, 0.29) is 0 Å². The van der Waals surface area contributed by atoms with Crippen molar-refractivity contribution in [1.29, 1.82) is 0 Å². The Labute approximate surface area is 166 Å². The fourth-order valence-electron chi connectivity index (χ4n) is 4.55. The first-order valence-electron chi connectivity index (χ1n) is 10.6. The van der Waals surface area contributed by atoms with E-state index in [9.17, 15) is 13.2 Å². The van der Waals surface area contributed by atoms with Crippen molar-refractivity contribution in [2.75, 3.05) is 6.61 Å². The van der Waals surface area contributed by atoms with Crippen molar-refractivity contribution in [3.8, 4) is 0 Å². The molecule has 0 aliphatic heterocycles. The second-order valence-electron chi connectivity index (χ2n) is 8.26. The quantitative estimate of drug-likeness (QED) is 0.471. The van der Waals surface area contributed by atoms with Crippen molar-refractivity contribution >= 4 is 0 Å². The average Bonchev–Trinajstić information content (AvgIpc) is 2.72. The zero-order valence-corrected chi connectivity index (χ0v) is 16.7. The second-order valence-corrected chi connectivity index (χ2v) is 8.26. The van der Waals surface area contributed by atoms with E-state index in [1.165, 1.54) is 50.5 Å². The minimum absolute atomic E-state index is 0.453. The third kappa shape index (κ3) is 5.50. The Bertz CT molecular complexity index is 669. The van der Waals surface area contributed by atoms with Gasteiger partial charge in [0.25, 0.3) is 0 Å². The number of alkyl halides is 3. The van der Waals surface area contributed by atoms with Gasteiger partial charge in [-0.15, -0.1) is 0 Å². The van der Waals surface area contributed by atoms with Gasteiger partial charge in [0.1, 0.15) is 12.2 Å². The molecule has 0 saturated heterocycles. The van der Waals surface area contributed by atoms with Crippen LogP contribution in [0.5, 0.6) is 0 Å². The first kappa shape index (κ1) is 21.2. The molecule has 28 heavy (non-hydrogen) atoms. The van der Waals surface area contributed by atoms with Crippen molar-refractivity contribution in [3.63, 3.8) is 0 Å². The first-order valence-corrected chi connectivity index (χ1v) is 10.6. The Morgan fingerprint density at radius 1 is 1.07 bits per heavy atom. The van der Waals surface area contributed by atoms with Crippen LogP contribution >= 0.6 is 0 Å². The summed E-state index contributed by atoms with van der Waals surface area (Å²) in [5.41, 5.74) is 1.02. The molecule has 1 saturated carbocycles. The van der Waals surface area contributed by atoms with Crippen LogP contribution in [-0.2, 0) is 10.3 Å². The number of rotatable bonds is 7. The van der Waals surface area contributed by atoms with E-state index in [1.807, 2.05) is 42.5 Å². The lowest BCUT2D eigenvalue weighted by Crippen LogP contribution is -2.33. The van der Waals surface area contributed by atoms with Crippen molar-refractivity contribution in [3.05, 3.63) is 59.7 Å². The predicted molar refractivity (Wildman–Crippen MR) is 107 cm³/mol. The highest BCUT2D eigenvalue weighted by atomic mass is 19.4. The minimum Gasteiger partial charge on any atom is -0.356 e. The highest BCUT2D eigenvalue weighted by Crippen LogP contribution is 2.42. The molecule has 1 atom stereocenters. The zero-order chi connectivity index (χ0) is 20.0. The van der Waals surface area contributed by atoms with Crippen molar-refractivity contribution in [2.24, 2.45) is 11.8 Å². The molecule has 0 N–H and O–H groups in total. The van der Waals surface area contributed by atoms with Crippen LogP contribution < -0.4 is 0 Å². The standard InChI is InChI=1S/C24H31F3O/c1-2-3-7-19-10-12-20(13-11-19)21-14-16-23(17-15-21,28-18-24(25,26)27)22-8-5-4-6-9-22/h4-6,8-9,14-16,19-20H,2-3,7,10-13,17-18H2,1H3. The number of hydrogen-bond acceptors (Lipinski definition) is 1. The van der Waals surface area contributed by atoms with E-state index >= 15 is 0 Å². The minimum atomic E-state index is -4.34. The van der Waals surface area contributed by atoms with Gasteiger partial charge in [0.05, 0.1) is 0 Å². The molecular formula is C24H31F3O. The highest BCUT2D eigenvalue weighted by Gasteiger charge is 2.38. The lowest BCUT2D eigenvalue weighted by atomic mass is 9.74. The molecule has 2 aliphatic rings. The normalized spacial score (nSPS) is 28.2. The van der Waals surface area contributed by atoms with Crippen LogP contribution in [0.3, 0.4) is 0 Å². The molecule has 4 heteroatoms. The number of benzene rings is 1. The zero-order valence-electron chi connectivity index (χ0n) is 16.7. The molecule has 1 unspecified atom stereocenters. The number of unbranched alkanes of at least 4 members (excludes halogenated alkanes) is 1. The van der Waals surface area contributed by atoms with Gasteiger partial charge >= 0.3 is 6.18 Å². The highest BCUT2D eigenvalue weighted by molar-refractivity contribution is 5.37. The third-order valence-electron chi connectivity index (χ3n) is 6.23. The second kappa shape index (κ2) is 9.30. The van der Waals surface area contributed by atoms with Crippen LogP contribution in [0.2, 0.25) is 0 Å². The molecular weight excluding hydrogens is 361 g/mol. The maximum Gasteiger partial charge on any atom is 0.411 e. The fraction of sp³-hybridized carbons (Fsp3) is 0.583. The number of allylic oxidation sites excluding steroid dienone is 2. The largest absolute Gasteiger partial charge is 0.411 e. The van der Waals surface area contributed by atoms with Crippen LogP contribution in [0.4, 0.5) is 13.2 Å². The fourth-order valence-corrected chi connectivity index (χ4v) is 4.55. The number of hydrogen-bond donors (Lipinski definition) is 0. The molecule has 0 heterocycles. The van der Waals surface area contributed by atoms with E-state index in [0.29, 0.717) is 12.3 Å². The molecule has 0 radical (unpaired) electrons. The Balaban J connectivity index is 1.67. The van der Waals surface area contributed by atoms with Crippen molar-refractivity contribution < 1.29 is 17.9 Å². The number of halogens is 3. The SMILES string of the molecule is CCCCC1CCC(C2=CCC(OCC(F)(F)F)(c3ccccc3)C=C2)CC1. The summed E-state index contributed by atoms with van der Waals surface area (Å²) in [5.74, 6) is 1.38. The molecule has 154 valence electrons. The van der Waals surface area contributed by atoms with Gasteiger partial charge in [0.2, 0.25) is 0 Å². The van der Waals surface area contributed by atoms with E-state index in [0.717, 1.165) is 11.5 Å². The summed E-state index contributed by atoms with van der Waals surface area (Å²) in [6, 6.07) is 9.25. The Kier molecular flexibility index (Phi) is 7.03. The van der Waals surface area contributed by atoms with Gasteiger partial charge in [-0.1, -0.05) is 68.7 Å². The molecule has 1 fully saturated rings. The molecule has 0 aromatic heterocycles. The molecule has 0 bridgehead atoms. The summed E-state index contributed by atoms with van der Waals surface area (Å²) in [6.07, 6.45) is 10.9. The van der Waals surface area contributed by atoms with E-state index in [4.69, 9.17) is 4.74 Å². The van der Waals surface area contributed by atoms with Gasteiger partial charge in [-0.2, -0.15) is 13.2 Å². The molecule has 1 aromatic rings. The summed E-state index contributed by atoms with van der Waals surface area (Å²) < 4.78 is 43.9. The van der Waals surface area contributed by atoms with Crippen molar-refractivity contribution in [1.82, 2.24) is 0 Å². The van der Waals surface area contributed by atoms with Crippen molar-refractivity contribution in [2.45, 2.75) is 70.1 Å². The number of ether oxygens (including phenoxy) is 1. The molecule has 0 amide bonds. The lowest BCUT2D eigenvalue weighted by molar-refractivity contribution is -0.199. The Hall–Kier alpha value is -1.55. The van der Waals surface area contributed by atoms with Gasteiger partial charge in [-0.3, -0.25) is 0 Å². The predicted octanol–water partition coefficient (Wildman–Crippen LogP) is 7.34. The van der Waals surface area contributed by atoms with Crippen LogP contribution in [0, 0.1) is 11.8 Å². The van der Waals surface area contributed by atoms with E-state index < -0.39 is 18.4 Å². The van der Waals surface area contributed by atoms with Gasteiger partial charge in [0, 0.05) is 6.42 Å². The summed E-state index contributed by atoms with van der Waals surface area (Å²) in [4.78, 5) is 0. The third-order valence-corrected chi connectivity index (χ3v) is 6.23. The van der Waals surface area contributed by atoms with Gasteiger partial charge < -0.3 is 4.74 Å². The molecule has 1 nitrogen and oxygen atoms in total. The summed E-state index contributed by atoms with van der Waals surface area (Å²) in [6.45, 7) is 1.00. The Morgan fingerprint density at radius 2 is 1.79 bits per heavy atom. The van der Waals surface area contributed by atoms with Crippen LogP contribution in [0.1, 0.15) is 63.9 Å². The molecule has 0 spiro atoms. The van der Waals surface area contributed by atoms with Gasteiger partial charge in [-0.25, -0.2) is 0 Å². The van der Waals surface area contributed by atoms with E-state index in [1.54, 1.807) is 0 Å². The van der Waals surface area contributed by atoms with Gasteiger partial charge in [-0.05, 0) is 54.7 Å². The molecule has 3 rings (SSSR count). The van der Waals surface area contributed by atoms with Crippen LogP contribution in [-0.4, -0.2) is 12.8 Å². The van der Waals surface area contributed by atoms with Crippen LogP contribution in [0.15, 0.2) is 54.1 Å². The van der Waals surface area contributed by atoms with Gasteiger partial charge in [0.15, 0.2) is 0 Å². The van der Waals surface area contributed by atoms with E-state index in [2.05, 4.69) is 13.0 Å². The average molecular weight is 393 g/mol. The van der Waals surface area contributed by atoms with Crippen LogP contribution in [0.25, 0.3) is 0 Å². The first-order chi connectivity index (χ1) is 13.4. The maximum atomic E-state index is 12.8. The maximum absolute atomic E-state index is 12.8. The Morgan fingerprint density at radius 3 is 2.36 bits per heavy atom. The summed E-state index contributed by atoms with van der Waals surface area (Å²) in [7, 11) is 0. The topological polar surface area (TPSA) is 9.23 Å². The summed E-state index contributed by atoms with van der Waals surface area (Å²) in [5, 5.41) is 0. The molecule has 1 aromatic carbocycles.